The maximum absolute atomic E-state index is 6.11. The van der Waals surface area contributed by atoms with Crippen molar-refractivity contribution in [3.63, 3.8) is 0 Å². The summed E-state index contributed by atoms with van der Waals surface area (Å²) in [7, 11) is 4.66. The summed E-state index contributed by atoms with van der Waals surface area (Å²) in [5.41, 5.74) is 7.66. The monoisotopic (exact) mass is 331 g/mol. The second kappa shape index (κ2) is 5.80. The van der Waals surface area contributed by atoms with Crippen LogP contribution in [-0.4, -0.2) is 36.1 Å². The molecule has 0 unspecified atom stereocenters. The number of nitrogens with two attached hydrogens (primary N) is 1. The number of quaternary nitrogens is 1. The Morgan fingerprint density at radius 3 is 2.61 bits per heavy atom. The van der Waals surface area contributed by atoms with E-state index in [4.69, 9.17) is 10.7 Å². The van der Waals surface area contributed by atoms with Crippen LogP contribution in [-0.2, 0) is 12.8 Å². The lowest BCUT2D eigenvalue weighted by molar-refractivity contribution is 0.214. The molecule has 0 radical (unpaired) electrons. The third-order valence-corrected chi connectivity index (χ3v) is 7.13. The normalized spacial score (nSPS) is 25.5. The Hall–Kier alpha value is -1.04. The van der Waals surface area contributed by atoms with Crippen molar-refractivity contribution in [2.24, 2.45) is 5.73 Å². The Balaban J connectivity index is 1.80. The van der Waals surface area contributed by atoms with Crippen LogP contribution < -0.4 is 10.2 Å². The Morgan fingerprint density at radius 2 is 1.83 bits per heavy atom. The summed E-state index contributed by atoms with van der Waals surface area (Å²) in [4.78, 5) is 12.1. The van der Waals surface area contributed by atoms with Crippen LogP contribution in [0.1, 0.15) is 49.0 Å². The summed E-state index contributed by atoms with van der Waals surface area (Å²) in [5.74, 6) is 1.23. The van der Waals surface area contributed by atoms with Gasteiger partial charge in [0.15, 0.2) is 0 Å². The van der Waals surface area contributed by atoms with E-state index < -0.39 is 0 Å². The maximum Gasteiger partial charge on any atom is 0.239 e. The van der Waals surface area contributed by atoms with Crippen LogP contribution in [0.4, 0.5) is 5.82 Å². The minimum absolute atomic E-state index is 0.394. The zero-order chi connectivity index (χ0) is 16.0. The molecule has 0 aliphatic heterocycles. The molecule has 4 nitrogen and oxygen atoms in total. The van der Waals surface area contributed by atoms with E-state index in [0.29, 0.717) is 12.1 Å². The molecule has 2 aromatic rings. The lowest BCUT2D eigenvalue weighted by Crippen LogP contribution is -2.53. The molecular formula is C18H27N4S+. The summed E-state index contributed by atoms with van der Waals surface area (Å²) in [5, 5.41) is 1.37. The van der Waals surface area contributed by atoms with Crippen molar-refractivity contribution in [1.82, 2.24) is 14.5 Å². The number of fused-ring (bicyclic) bond motifs is 3. The maximum atomic E-state index is 6.11. The van der Waals surface area contributed by atoms with Crippen LogP contribution in [0, 0.1) is 0 Å². The van der Waals surface area contributed by atoms with Crippen molar-refractivity contribution in [1.29, 1.82) is 0 Å². The largest absolute Gasteiger partial charge is 0.328 e. The van der Waals surface area contributed by atoms with Crippen molar-refractivity contribution in [3.05, 3.63) is 16.8 Å². The molecule has 0 spiro atoms. The number of hydrogen-bond donors (Lipinski definition) is 1. The molecule has 2 aromatic heterocycles. The van der Waals surface area contributed by atoms with Gasteiger partial charge >= 0.3 is 0 Å². The van der Waals surface area contributed by atoms with Crippen molar-refractivity contribution in [2.45, 2.75) is 63.5 Å². The van der Waals surface area contributed by atoms with Crippen LogP contribution in [0.3, 0.4) is 0 Å². The first-order valence-electron chi connectivity index (χ1n) is 8.92. The number of aryl methyl sites for hydroxylation is 2. The highest BCUT2D eigenvalue weighted by molar-refractivity contribution is 7.19. The average molecular weight is 332 g/mol. The van der Waals surface area contributed by atoms with E-state index in [2.05, 4.69) is 19.1 Å². The molecule has 5 heteroatoms. The second-order valence-corrected chi connectivity index (χ2v) is 8.78. The fraction of sp³-hybridized carbons (Fsp3) is 0.667. The van der Waals surface area contributed by atoms with Crippen molar-refractivity contribution in [3.8, 4) is 0 Å². The Kier molecular flexibility index (Phi) is 3.90. The molecule has 0 saturated heterocycles. The van der Waals surface area contributed by atoms with E-state index in [1.807, 2.05) is 11.3 Å². The highest BCUT2D eigenvalue weighted by atomic mass is 32.1. The topological polar surface area (TPSA) is 51.8 Å². The molecule has 2 heterocycles. The molecule has 1 saturated carbocycles. The standard InChI is InChI=1S/C18H27N4S/c1-22(2,13-9-7-12(19)8-10-13)17-16-14-5-3-4-6-15(14)23-18(16)21-11-20-17/h11-13H,3-10,19H2,1-2H3/q+1/t12-,13-. The average Bonchev–Trinajstić information content (AvgIpc) is 2.93. The van der Waals surface area contributed by atoms with E-state index in [1.165, 1.54) is 54.6 Å². The van der Waals surface area contributed by atoms with Crippen LogP contribution in [0.2, 0.25) is 0 Å². The molecule has 2 N–H and O–H groups in total. The molecule has 124 valence electrons. The van der Waals surface area contributed by atoms with Gasteiger partial charge in [0, 0.05) is 23.8 Å². The van der Waals surface area contributed by atoms with E-state index >= 15 is 0 Å². The summed E-state index contributed by atoms with van der Waals surface area (Å²) < 4.78 is 0.870. The number of rotatable bonds is 2. The summed E-state index contributed by atoms with van der Waals surface area (Å²) in [6, 6.07) is 1.01. The predicted octanol–water partition coefficient (Wildman–Crippen LogP) is 3.41. The Bertz CT molecular complexity index is 713. The van der Waals surface area contributed by atoms with Gasteiger partial charge in [0.05, 0.1) is 25.5 Å². The first-order valence-corrected chi connectivity index (χ1v) is 9.74. The van der Waals surface area contributed by atoms with Gasteiger partial charge in [-0.05, 0) is 44.1 Å². The van der Waals surface area contributed by atoms with E-state index in [-0.39, 0.29) is 0 Å². The van der Waals surface area contributed by atoms with E-state index in [1.54, 1.807) is 16.8 Å². The number of nitrogens with zero attached hydrogens (tertiary/aromatic N) is 3. The molecule has 0 aromatic carbocycles. The third kappa shape index (κ3) is 2.59. The predicted molar refractivity (Wildman–Crippen MR) is 97.9 cm³/mol. The van der Waals surface area contributed by atoms with Crippen molar-refractivity contribution < 1.29 is 0 Å². The highest BCUT2D eigenvalue weighted by Crippen LogP contribution is 2.42. The number of thiophene rings is 1. The molecular weight excluding hydrogens is 304 g/mol. The van der Waals surface area contributed by atoms with Gasteiger partial charge in [0.2, 0.25) is 5.82 Å². The molecule has 4 rings (SSSR count). The van der Waals surface area contributed by atoms with Gasteiger partial charge in [-0.3, -0.25) is 4.48 Å². The smallest absolute Gasteiger partial charge is 0.239 e. The Morgan fingerprint density at radius 1 is 1.09 bits per heavy atom. The summed E-state index contributed by atoms with van der Waals surface area (Å²) in [6.45, 7) is 0. The lowest BCUT2D eigenvalue weighted by atomic mass is 9.89. The van der Waals surface area contributed by atoms with Crippen LogP contribution in [0.15, 0.2) is 6.33 Å². The molecule has 23 heavy (non-hydrogen) atoms. The molecule has 0 amide bonds. The zero-order valence-electron chi connectivity index (χ0n) is 14.2. The quantitative estimate of drug-likeness (QED) is 0.858. The molecule has 2 aliphatic carbocycles. The fourth-order valence-electron chi connectivity index (χ4n) is 4.43. The van der Waals surface area contributed by atoms with Gasteiger partial charge in [-0.25, -0.2) is 4.98 Å². The van der Waals surface area contributed by atoms with E-state index in [0.717, 1.165) is 17.3 Å². The fourth-order valence-corrected chi connectivity index (χ4v) is 5.65. The van der Waals surface area contributed by atoms with Crippen molar-refractivity contribution >= 4 is 27.4 Å². The summed E-state index contributed by atoms with van der Waals surface area (Å²) in [6.07, 6.45) is 11.5. The SMILES string of the molecule is C[N+](C)(c1ncnc2sc3c(c12)CCCC3)[C@H]1CC[C@H](N)CC1. The third-order valence-electron chi connectivity index (χ3n) is 5.93. The minimum atomic E-state index is 0.394. The zero-order valence-corrected chi connectivity index (χ0v) is 15.0. The van der Waals surface area contributed by atoms with Gasteiger partial charge in [-0.15, -0.1) is 11.3 Å². The first-order chi connectivity index (χ1) is 11.1. The lowest BCUT2D eigenvalue weighted by Gasteiger charge is -2.40. The van der Waals surface area contributed by atoms with E-state index in [9.17, 15) is 0 Å². The first kappa shape index (κ1) is 15.5. The van der Waals surface area contributed by atoms with Gasteiger partial charge in [0.25, 0.3) is 0 Å². The van der Waals surface area contributed by atoms with Gasteiger partial charge in [-0.2, -0.15) is 4.98 Å². The van der Waals surface area contributed by atoms with Gasteiger partial charge in [-0.1, -0.05) is 0 Å². The molecule has 0 atom stereocenters. The van der Waals surface area contributed by atoms with Gasteiger partial charge in [0.1, 0.15) is 11.2 Å². The summed E-state index contributed by atoms with van der Waals surface area (Å²) >= 11 is 1.90. The van der Waals surface area contributed by atoms with Gasteiger partial charge < -0.3 is 5.73 Å². The molecule has 1 fully saturated rings. The minimum Gasteiger partial charge on any atom is -0.328 e. The highest BCUT2D eigenvalue weighted by Gasteiger charge is 2.37. The number of hydrogen-bond acceptors (Lipinski definition) is 4. The van der Waals surface area contributed by atoms with Crippen LogP contribution in [0.25, 0.3) is 10.2 Å². The van der Waals surface area contributed by atoms with Crippen LogP contribution in [0.5, 0.6) is 0 Å². The number of aromatic nitrogens is 2. The van der Waals surface area contributed by atoms with Crippen LogP contribution >= 0.6 is 11.3 Å². The molecule has 2 aliphatic rings. The second-order valence-electron chi connectivity index (χ2n) is 7.70. The molecule has 0 bridgehead atoms. The Labute approximate surface area is 142 Å². The van der Waals surface area contributed by atoms with Crippen molar-refractivity contribution in [2.75, 3.05) is 14.1 Å².